The number of nitrogens with two attached hydrogens (primary N) is 1. The molecule has 2 atom stereocenters. The Balaban J connectivity index is 1.33. The van der Waals surface area contributed by atoms with Gasteiger partial charge in [-0.3, -0.25) is 14.4 Å². The Kier molecular flexibility index (Phi) is 6.56. The molecule has 0 spiro atoms. The molecule has 1 saturated heterocycles. The van der Waals surface area contributed by atoms with Crippen LogP contribution < -0.4 is 11.1 Å². The van der Waals surface area contributed by atoms with Gasteiger partial charge in [0, 0.05) is 43.7 Å². The standard InChI is InChI=1S/C26H29N9O3/c1-2-35-14-18(12-29-35)30-26-28-8-5-22(31-26)16-3-4-20-17(11-16)13-34(19-7-10-37-15-19)9-6-21(20)24-32-33-25(38-24)23(27)36/h3-5,8,11-12,14,19,21H,2,6-7,9-10,13,15H2,1H3,(H2,27,36)(H,28,30,31)/t19-,21-/m1/s1. The van der Waals surface area contributed by atoms with Gasteiger partial charge in [0.2, 0.25) is 11.8 Å². The van der Waals surface area contributed by atoms with Crippen molar-refractivity contribution in [2.45, 2.75) is 44.8 Å². The lowest BCUT2D eigenvalue weighted by molar-refractivity contribution is 0.0964. The molecule has 0 aliphatic carbocycles. The van der Waals surface area contributed by atoms with Gasteiger partial charge in [-0.15, -0.1) is 10.2 Å². The van der Waals surface area contributed by atoms with Crippen LogP contribution in [-0.4, -0.2) is 66.6 Å². The first-order chi connectivity index (χ1) is 18.6. The number of rotatable bonds is 7. The lowest BCUT2D eigenvalue weighted by atomic mass is 9.91. The highest BCUT2D eigenvalue weighted by Crippen LogP contribution is 2.36. The zero-order valence-corrected chi connectivity index (χ0v) is 21.1. The normalized spacial score (nSPS) is 19.7. The second-order valence-corrected chi connectivity index (χ2v) is 9.53. The molecule has 6 rings (SSSR count). The van der Waals surface area contributed by atoms with Gasteiger partial charge in [-0.2, -0.15) is 5.10 Å². The van der Waals surface area contributed by atoms with Gasteiger partial charge in [0.15, 0.2) is 0 Å². The van der Waals surface area contributed by atoms with Gasteiger partial charge < -0.3 is 20.2 Å². The Morgan fingerprint density at radius 3 is 2.92 bits per heavy atom. The SMILES string of the molecule is CCn1cc(Nc2nccc(-c3ccc4c(c3)CN([C@@H]3CCOC3)CC[C@H]4c3nnc(C(N)=O)o3)n2)cn1. The Labute approximate surface area is 219 Å². The highest BCUT2D eigenvalue weighted by atomic mass is 16.5. The zero-order chi connectivity index (χ0) is 26.1. The smallest absolute Gasteiger partial charge is 0.306 e. The summed E-state index contributed by atoms with van der Waals surface area (Å²) in [7, 11) is 0. The van der Waals surface area contributed by atoms with Crippen molar-refractivity contribution in [1.82, 2.24) is 34.8 Å². The molecule has 5 heterocycles. The van der Waals surface area contributed by atoms with Gasteiger partial charge >= 0.3 is 11.8 Å². The second-order valence-electron chi connectivity index (χ2n) is 9.53. The monoisotopic (exact) mass is 515 g/mol. The average molecular weight is 516 g/mol. The maximum Gasteiger partial charge on any atom is 0.306 e. The van der Waals surface area contributed by atoms with Crippen LogP contribution in [0.3, 0.4) is 0 Å². The summed E-state index contributed by atoms with van der Waals surface area (Å²) in [5.74, 6) is -0.148. The van der Waals surface area contributed by atoms with E-state index in [1.165, 1.54) is 0 Å². The second kappa shape index (κ2) is 10.3. The topological polar surface area (TPSA) is 150 Å². The van der Waals surface area contributed by atoms with Gasteiger partial charge in [0.1, 0.15) is 0 Å². The minimum atomic E-state index is -0.729. The first kappa shape index (κ1) is 24.2. The van der Waals surface area contributed by atoms with Crippen LogP contribution in [0.4, 0.5) is 11.6 Å². The molecule has 0 bridgehead atoms. The highest BCUT2D eigenvalue weighted by Gasteiger charge is 2.32. The van der Waals surface area contributed by atoms with Crippen LogP contribution in [0.15, 0.2) is 47.3 Å². The minimum Gasteiger partial charge on any atom is -0.416 e. The largest absolute Gasteiger partial charge is 0.416 e. The van der Waals surface area contributed by atoms with Gasteiger partial charge in [-0.25, -0.2) is 9.97 Å². The van der Waals surface area contributed by atoms with E-state index in [-0.39, 0.29) is 11.8 Å². The Morgan fingerprint density at radius 1 is 1.24 bits per heavy atom. The van der Waals surface area contributed by atoms with Crippen molar-refractivity contribution in [1.29, 1.82) is 0 Å². The molecular formula is C26H29N9O3. The number of amides is 1. The number of aryl methyl sites for hydroxylation is 1. The molecule has 0 unspecified atom stereocenters. The summed E-state index contributed by atoms with van der Waals surface area (Å²) < 4.78 is 13.2. The van der Waals surface area contributed by atoms with Gasteiger partial charge in [0.25, 0.3) is 0 Å². The van der Waals surface area contributed by atoms with E-state index in [4.69, 9.17) is 19.9 Å². The predicted molar refractivity (Wildman–Crippen MR) is 138 cm³/mol. The molecular weight excluding hydrogens is 486 g/mol. The van der Waals surface area contributed by atoms with Gasteiger partial charge in [-0.05, 0) is 49.6 Å². The molecule has 1 amide bonds. The first-order valence-electron chi connectivity index (χ1n) is 12.8. The number of aromatic nitrogens is 6. The molecule has 0 radical (unpaired) electrons. The molecule has 12 heteroatoms. The number of fused-ring (bicyclic) bond motifs is 1. The Morgan fingerprint density at radius 2 is 2.16 bits per heavy atom. The highest BCUT2D eigenvalue weighted by molar-refractivity contribution is 5.87. The van der Waals surface area contributed by atoms with Crippen LogP contribution in [0.5, 0.6) is 0 Å². The van der Waals surface area contributed by atoms with Crippen molar-refractivity contribution in [3.63, 3.8) is 0 Å². The number of ether oxygens (including phenoxy) is 1. The molecule has 0 saturated carbocycles. The molecule has 4 aromatic rings. The summed E-state index contributed by atoms with van der Waals surface area (Å²) in [6, 6.07) is 8.57. The van der Waals surface area contributed by atoms with E-state index in [9.17, 15) is 4.79 Å². The van der Waals surface area contributed by atoms with Crippen LogP contribution in [0, 0.1) is 0 Å². The summed E-state index contributed by atoms with van der Waals surface area (Å²) in [4.78, 5) is 23.2. The number of hydrogen-bond acceptors (Lipinski definition) is 10. The van der Waals surface area contributed by atoms with Gasteiger partial charge in [-0.1, -0.05) is 12.1 Å². The lowest BCUT2D eigenvalue weighted by Gasteiger charge is -2.26. The molecule has 2 aliphatic heterocycles. The molecule has 196 valence electrons. The van der Waals surface area contributed by atoms with E-state index >= 15 is 0 Å². The molecule has 3 N–H and O–H groups in total. The number of carbonyl (C=O) groups excluding carboxylic acids is 1. The third-order valence-electron chi connectivity index (χ3n) is 7.13. The summed E-state index contributed by atoms with van der Waals surface area (Å²) in [6.07, 6.45) is 7.19. The number of primary amides is 1. The Bertz CT molecular complexity index is 1440. The number of nitrogens with zero attached hydrogens (tertiary/aromatic N) is 7. The Hall–Kier alpha value is -4.16. The first-order valence-corrected chi connectivity index (χ1v) is 12.8. The molecule has 3 aromatic heterocycles. The maximum atomic E-state index is 11.6. The summed E-state index contributed by atoms with van der Waals surface area (Å²) in [5, 5.41) is 15.5. The third kappa shape index (κ3) is 4.87. The van der Waals surface area contributed by atoms with Crippen LogP contribution in [0.2, 0.25) is 0 Å². The quantitative estimate of drug-likeness (QED) is 0.376. The summed E-state index contributed by atoms with van der Waals surface area (Å²) in [5.41, 5.74) is 10.2. The lowest BCUT2D eigenvalue weighted by Crippen LogP contribution is -2.35. The van der Waals surface area contributed by atoms with Crippen molar-refractivity contribution >= 4 is 17.5 Å². The van der Waals surface area contributed by atoms with Crippen LogP contribution >= 0.6 is 0 Å². The fourth-order valence-electron chi connectivity index (χ4n) is 5.15. The van der Waals surface area contributed by atoms with Crippen LogP contribution in [0.25, 0.3) is 11.3 Å². The number of carbonyl (C=O) groups is 1. The van der Waals surface area contributed by atoms with Crippen molar-refractivity contribution in [3.05, 3.63) is 65.8 Å². The van der Waals surface area contributed by atoms with Crippen molar-refractivity contribution in [3.8, 4) is 11.3 Å². The summed E-state index contributed by atoms with van der Waals surface area (Å²) in [6.45, 7) is 5.92. The molecule has 2 aliphatic rings. The van der Waals surface area contributed by atoms with Crippen molar-refractivity contribution < 1.29 is 13.9 Å². The fraction of sp³-hybridized carbons (Fsp3) is 0.385. The maximum absolute atomic E-state index is 11.6. The van der Waals surface area contributed by atoms with Crippen LogP contribution in [0.1, 0.15) is 53.4 Å². The number of nitrogens with one attached hydrogen (secondary N) is 1. The van der Waals surface area contributed by atoms with Gasteiger partial charge in [0.05, 0.1) is 30.1 Å². The van der Waals surface area contributed by atoms with Crippen molar-refractivity contribution in [2.24, 2.45) is 5.73 Å². The molecule has 1 aromatic carbocycles. The number of benzene rings is 1. The predicted octanol–water partition coefficient (Wildman–Crippen LogP) is 2.71. The summed E-state index contributed by atoms with van der Waals surface area (Å²) >= 11 is 0. The van der Waals surface area contributed by atoms with E-state index in [2.05, 4.69) is 42.6 Å². The average Bonchev–Trinajstić information content (AvgIpc) is 3.70. The number of hydrogen-bond donors (Lipinski definition) is 2. The van der Waals surface area contributed by atoms with E-state index in [0.29, 0.717) is 17.9 Å². The van der Waals surface area contributed by atoms with E-state index in [1.54, 1.807) is 12.4 Å². The van der Waals surface area contributed by atoms with E-state index < -0.39 is 5.91 Å². The molecule has 12 nitrogen and oxygen atoms in total. The van der Waals surface area contributed by atoms with Crippen LogP contribution in [-0.2, 0) is 17.8 Å². The minimum absolute atomic E-state index is 0.148. The fourth-order valence-corrected chi connectivity index (χ4v) is 5.15. The molecule has 38 heavy (non-hydrogen) atoms. The zero-order valence-electron chi connectivity index (χ0n) is 21.1. The van der Waals surface area contributed by atoms with E-state index in [1.807, 2.05) is 29.9 Å². The third-order valence-corrected chi connectivity index (χ3v) is 7.13. The molecule has 1 fully saturated rings. The van der Waals surface area contributed by atoms with Crippen molar-refractivity contribution in [2.75, 3.05) is 25.1 Å². The van der Waals surface area contributed by atoms with E-state index in [0.717, 1.165) is 73.8 Å². The number of anilines is 2.